The van der Waals surface area contributed by atoms with Crippen molar-refractivity contribution in [2.24, 2.45) is 17.3 Å². The minimum absolute atomic E-state index is 0.0329. The first-order chi connectivity index (χ1) is 21.9. The first-order valence-electron chi connectivity index (χ1n) is 18.7. The highest BCUT2D eigenvalue weighted by Crippen LogP contribution is 2.65. The molecular weight excluding hydrogens is 612 g/mol. The van der Waals surface area contributed by atoms with Gasteiger partial charge in [0.05, 0.1) is 0 Å². The largest absolute Gasteiger partial charge is 0.507 e. The second-order valence-electron chi connectivity index (χ2n) is 20.5. The summed E-state index contributed by atoms with van der Waals surface area (Å²) in [6.45, 7) is 32.2. The van der Waals surface area contributed by atoms with Gasteiger partial charge in [-0.25, -0.2) is 0 Å². The first-order valence-corrected chi connectivity index (χ1v) is 18.7. The highest BCUT2D eigenvalue weighted by Gasteiger charge is 2.71. The lowest BCUT2D eigenvalue weighted by Crippen LogP contribution is -2.71. The van der Waals surface area contributed by atoms with Crippen molar-refractivity contribution in [2.45, 2.75) is 187 Å². The molecule has 3 rings (SSSR count). The summed E-state index contributed by atoms with van der Waals surface area (Å²) in [5.74, 6) is -2.86. The highest BCUT2D eigenvalue weighted by molar-refractivity contribution is 6.00. The van der Waals surface area contributed by atoms with E-state index in [1.54, 1.807) is 0 Å². The quantitative estimate of drug-likeness (QED) is 0.223. The van der Waals surface area contributed by atoms with Gasteiger partial charge in [-0.15, -0.1) is 0 Å². The van der Waals surface area contributed by atoms with Crippen LogP contribution >= 0.6 is 0 Å². The molecule has 2 aliphatic rings. The van der Waals surface area contributed by atoms with Crippen molar-refractivity contribution in [3.63, 3.8) is 0 Å². The summed E-state index contributed by atoms with van der Waals surface area (Å²) < 4.78 is 0. The molecule has 7 nitrogen and oxygen atoms in total. The van der Waals surface area contributed by atoms with Crippen LogP contribution in [0.25, 0.3) is 0 Å². The molecule has 7 heteroatoms. The lowest BCUT2D eigenvalue weighted by atomic mass is 9.41. The Bertz CT molecular complexity index is 1280. The summed E-state index contributed by atoms with van der Waals surface area (Å²) in [7, 11) is 4.29. The average molecular weight is 685 g/mol. The summed E-state index contributed by atoms with van der Waals surface area (Å²) in [5, 5.41) is 35.5. The predicted molar refractivity (Wildman–Crippen MR) is 202 cm³/mol. The van der Waals surface area contributed by atoms with Gasteiger partial charge in [0.1, 0.15) is 5.75 Å². The van der Waals surface area contributed by atoms with Crippen LogP contribution in [0.4, 0.5) is 0 Å². The van der Waals surface area contributed by atoms with Crippen LogP contribution in [0.2, 0.25) is 0 Å². The van der Waals surface area contributed by atoms with Crippen molar-refractivity contribution in [2.75, 3.05) is 14.1 Å². The lowest BCUT2D eigenvalue weighted by molar-refractivity contribution is -0.190. The number of aromatic hydroxyl groups is 1. The third-order valence-corrected chi connectivity index (χ3v) is 13.4. The molecule has 280 valence electrons. The Hall–Kier alpha value is -2.12. The fourth-order valence-corrected chi connectivity index (χ4v) is 10.5. The highest BCUT2D eigenvalue weighted by atomic mass is 16.4. The first kappa shape index (κ1) is 41.3. The molecular formula is C42H72N2O5. The van der Waals surface area contributed by atoms with Crippen LogP contribution < -0.4 is 0 Å². The van der Waals surface area contributed by atoms with Crippen molar-refractivity contribution in [3.05, 3.63) is 28.8 Å². The molecule has 49 heavy (non-hydrogen) atoms. The molecule has 0 bridgehead atoms. The fraction of sp³-hybridized carbons (Fsp3) is 0.810. The normalized spacial score (nSPS) is 22.6. The van der Waals surface area contributed by atoms with Gasteiger partial charge in [-0.1, -0.05) is 73.4 Å². The van der Waals surface area contributed by atoms with Crippen LogP contribution in [0.1, 0.15) is 165 Å². The molecule has 2 fully saturated rings. The van der Waals surface area contributed by atoms with Crippen LogP contribution in [0, 0.1) is 17.3 Å². The van der Waals surface area contributed by atoms with E-state index in [1.807, 2.05) is 19.1 Å². The second-order valence-corrected chi connectivity index (χ2v) is 20.5. The molecule has 0 aliphatic carbocycles. The summed E-state index contributed by atoms with van der Waals surface area (Å²) in [4.78, 5) is 33.7. The predicted octanol–water partition coefficient (Wildman–Crippen LogP) is 9.37. The number of rotatable bonds is 9. The molecule has 0 spiro atoms. The maximum atomic E-state index is 14.4. The van der Waals surface area contributed by atoms with Crippen LogP contribution in [-0.4, -0.2) is 73.3 Å². The van der Waals surface area contributed by atoms with Crippen molar-refractivity contribution in [3.8, 4) is 5.75 Å². The Morgan fingerprint density at radius 1 is 0.694 bits per heavy atom. The number of phenols is 1. The Morgan fingerprint density at radius 3 is 1.24 bits per heavy atom. The van der Waals surface area contributed by atoms with Crippen LogP contribution in [-0.2, 0) is 25.8 Å². The lowest BCUT2D eigenvalue weighted by Gasteiger charge is -2.66. The van der Waals surface area contributed by atoms with Gasteiger partial charge in [0.2, 0.25) is 0 Å². The van der Waals surface area contributed by atoms with Gasteiger partial charge in [-0.2, -0.15) is 0 Å². The molecule has 3 N–H and O–H groups in total. The number of benzene rings is 1. The van der Waals surface area contributed by atoms with Crippen molar-refractivity contribution in [1.82, 2.24) is 9.80 Å². The van der Waals surface area contributed by atoms with Gasteiger partial charge < -0.3 is 15.3 Å². The molecule has 0 radical (unpaired) electrons. The minimum atomic E-state index is -2.12. The molecule has 0 unspecified atom stereocenters. The molecule has 0 atom stereocenters. The van der Waals surface area contributed by atoms with E-state index in [-0.39, 0.29) is 46.2 Å². The Kier molecular flexibility index (Phi) is 10.8. The number of unbranched alkanes of at least 4 members (excludes halogenated alkanes) is 1. The fourth-order valence-electron chi connectivity index (χ4n) is 10.5. The zero-order valence-corrected chi connectivity index (χ0v) is 34.3. The van der Waals surface area contributed by atoms with Crippen LogP contribution in [0.5, 0.6) is 5.75 Å². The van der Waals surface area contributed by atoms with Gasteiger partial charge in [-0.05, 0) is 141 Å². The van der Waals surface area contributed by atoms with Gasteiger partial charge in [-0.3, -0.25) is 19.4 Å². The number of hydrogen-bond acceptors (Lipinski definition) is 5. The van der Waals surface area contributed by atoms with E-state index in [9.17, 15) is 24.9 Å². The summed E-state index contributed by atoms with van der Waals surface area (Å²) in [6.07, 6.45) is 3.77. The van der Waals surface area contributed by atoms with Crippen molar-refractivity contribution < 1.29 is 24.9 Å². The zero-order chi connectivity index (χ0) is 38.1. The van der Waals surface area contributed by atoms with Crippen LogP contribution in [0.3, 0.4) is 0 Å². The third-order valence-electron chi connectivity index (χ3n) is 13.4. The summed E-state index contributed by atoms with van der Waals surface area (Å²) in [5.41, 5.74) is -3.52. The monoisotopic (exact) mass is 685 g/mol. The molecule has 1 aromatic rings. The van der Waals surface area contributed by atoms with Crippen molar-refractivity contribution in [1.29, 1.82) is 0 Å². The van der Waals surface area contributed by atoms with E-state index >= 15 is 0 Å². The van der Waals surface area contributed by atoms with E-state index in [4.69, 9.17) is 0 Å². The smallest absolute Gasteiger partial charge is 0.322 e. The standard InChI is InChI=1S/C42H72N2O5/c1-18-19-20-41(33(46)47,34(48)49)42(28-23-37(8,9)43(16)38(10,11)24-28,29-25-39(12,13)44(17)40(14,15)26-29)27-21-30(35(2,3)4)32(45)31(22-27)36(5,6)7/h21-22,28-29,45H,18-20,23-26H2,1-17H3,(H,46,47)(H,48,49). The number of phenolic OH excluding ortho intramolecular Hbond substituents is 1. The number of aliphatic carboxylic acids is 2. The van der Waals surface area contributed by atoms with Gasteiger partial charge in [0, 0.05) is 27.6 Å². The minimum Gasteiger partial charge on any atom is -0.507 e. The number of nitrogens with zero attached hydrogens (tertiary/aromatic N) is 2. The molecule has 0 saturated carbocycles. The molecule has 2 saturated heterocycles. The second kappa shape index (κ2) is 12.8. The Labute approximate surface area is 299 Å². The van der Waals surface area contributed by atoms with Gasteiger partial charge >= 0.3 is 11.9 Å². The van der Waals surface area contributed by atoms with Gasteiger partial charge in [0.25, 0.3) is 0 Å². The topological polar surface area (TPSA) is 101 Å². The summed E-state index contributed by atoms with van der Waals surface area (Å²) in [6, 6.07) is 4.07. The molecule has 0 aromatic heterocycles. The Morgan fingerprint density at radius 2 is 1.00 bits per heavy atom. The molecule has 1 aromatic carbocycles. The van der Waals surface area contributed by atoms with E-state index < -0.39 is 33.6 Å². The van der Waals surface area contributed by atoms with E-state index in [0.29, 0.717) is 38.5 Å². The SMILES string of the molecule is CCCCC(C(=O)O)(C(=O)O)C(c1cc(C(C)(C)C)c(O)c(C(C)(C)C)c1)(C1CC(C)(C)N(C)C(C)(C)C1)C1CC(C)(C)N(C)C(C)(C)C1. The van der Waals surface area contributed by atoms with E-state index in [1.165, 1.54) is 0 Å². The molecule has 2 heterocycles. The van der Waals surface area contributed by atoms with Crippen LogP contribution in [0.15, 0.2) is 12.1 Å². The Balaban J connectivity index is 2.82. The van der Waals surface area contributed by atoms with E-state index in [2.05, 4.69) is 121 Å². The number of carbonyl (C=O) groups is 2. The summed E-state index contributed by atoms with van der Waals surface area (Å²) >= 11 is 0. The maximum absolute atomic E-state index is 14.4. The third kappa shape index (κ3) is 6.81. The number of carboxylic acid groups (broad SMARTS) is 2. The molecule has 2 aliphatic heterocycles. The average Bonchev–Trinajstić information content (AvgIpc) is 2.90. The van der Waals surface area contributed by atoms with Crippen molar-refractivity contribution >= 4 is 11.9 Å². The number of piperidine rings is 2. The van der Waals surface area contributed by atoms with E-state index in [0.717, 1.165) is 16.7 Å². The maximum Gasteiger partial charge on any atom is 0.322 e. The number of likely N-dealkylation sites (tertiary alicyclic amines) is 2. The number of hydrogen-bond donors (Lipinski definition) is 3. The molecule has 0 amide bonds. The van der Waals surface area contributed by atoms with Gasteiger partial charge in [0.15, 0.2) is 5.41 Å². The number of carboxylic acids is 2. The zero-order valence-electron chi connectivity index (χ0n) is 34.3.